The fraction of sp³-hybridized carbons (Fsp3) is 0.733. The van der Waals surface area contributed by atoms with E-state index in [2.05, 4.69) is 9.82 Å². The summed E-state index contributed by atoms with van der Waals surface area (Å²) < 4.78 is 27.9. The van der Waals surface area contributed by atoms with Gasteiger partial charge in [0.15, 0.2) is 0 Å². The summed E-state index contributed by atoms with van der Waals surface area (Å²) in [6, 6.07) is 1.71. The van der Waals surface area contributed by atoms with Crippen molar-refractivity contribution in [1.82, 2.24) is 19.4 Å². The predicted octanol–water partition coefficient (Wildman–Crippen LogP) is 0.744. The number of nitrogens with one attached hydrogen (secondary N) is 1. The average molecular weight is 340 g/mol. The predicted molar refractivity (Wildman–Crippen MR) is 86.4 cm³/mol. The largest absolute Gasteiger partial charge is 0.337 e. The monoisotopic (exact) mass is 340 g/mol. The highest BCUT2D eigenvalue weighted by atomic mass is 32.2. The highest BCUT2D eigenvalue weighted by Crippen LogP contribution is 2.41. The number of sulfonamides is 1. The molecular weight excluding hydrogens is 316 g/mol. The second kappa shape index (κ2) is 5.90. The van der Waals surface area contributed by atoms with Crippen LogP contribution in [0.1, 0.15) is 42.6 Å². The molecule has 0 bridgehead atoms. The van der Waals surface area contributed by atoms with E-state index >= 15 is 0 Å². The summed E-state index contributed by atoms with van der Waals surface area (Å²) in [5, 5.41) is 4.03. The van der Waals surface area contributed by atoms with Crippen molar-refractivity contribution in [1.29, 1.82) is 0 Å². The Morgan fingerprint density at radius 2 is 2.04 bits per heavy atom. The molecule has 2 heterocycles. The van der Waals surface area contributed by atoms with Gasteiger partial charge in [0.2, 0.25) is 10.0 Å². The molecule has 2 aliphatic rings. The maximum Gasteiger partial charge on any atom is 0.272 e. The summed E-state index contributed by atoms with van der Waals surface area (Å²) >= 11 is 0. The quantitative estimate of drug-likeness (QED) is 0.857. The smallest absolute Gasteiger partial charge is 0.272 e. The summed E-state index contributed by atoms with van der Waals surface area (Å²) in [5.41, 5.74) is 0.175. The van der Waals surface area contributed by atoms with E-state index in [4.69, 9.17) is 0 Å². The molecule has 1 aromatic rings. The third-order valence-electron chi connectivity index (χ3n) is 4.83. The SMILES string of the molecule is Cn1nccc1C(=O)N1CCC(CC2CC2)(NS(C)(=O)=O)CC1. The number of aryl methyl sites for hydroxylation is 1. The third kappa shape index (κ3) is 3.92. The number of amides is 1. The molecule has 2 fully saturated rings. The van der Waals surface area contributed by atoms with Crippen LogP contribution in [0.4, 0.5) is 0 Å². The summed E-state index contributed by atoms with van der Waals surface area (Å²) in [4.78, 5) is 14.3. The van der Waals surface area contributed by atoms with Crippen LogP contribution in [-0.4, -0.2) is 53.9 Å². The van der Waals surface area contributed by atoms with Crippen molar-refractivity contribution in [2.75, 3.05) is 19.3 Å². The molecule has 1 amide bonds. The molecule has 0 aromatic carbocycles. The Morgan fingerprint density at radius 1 is 1.39 bits per heavy atom. The van der Waals surface area contributed by atoms with E-state index in [0.29, 0.717) is 37.5 Å². The van der Waals surface area contributed by atoms with Crippen LogP contribution in [0.15, 0.2) is 12.3 Å². The van der Waals surface area contributed by atoms with Crippen LogP contribution < -0.4 is 4.72 Å². The van der Waals surface area contributed by atoms with Crippen molar-refractivity contribution in [3.8, 4) is 0 Å². The number of nitrogens with zero attached hydrogens (tertiary/aromatic N) is 3. The van der Waals surface area contributed by atoms with Crippen LogP contribution in [-0.2, 0) is 17.1 Å². The molecule has 1 saturated heterocycles. The van der Waals surface area contributed by atoms with E-state index in [1.807, 2.05) is 0 Å². The van der Waals surface area contributed by atoms with Crippen LogP contribution in [0.2, 0.25) is 0 Å². The number of carbonyl (C=O) groups excluding carboxylic acids is 1. The fourth-order valence-electron chi connectivity index (χ4n) is 3.50. The zero-order chi connectivity index (χ0) is 16.7. The molecule has 7 nitrogen and oxygen atoms in total. The molecule has 1 saturated carbocycles. The van der Waals surface area contributed by atoms with Gasteiger partial charge in [-0.05, 0) is 31.2 Å². The maximum absolute atomic E-state index is 12.5. The minimum Gasteiger partial charge on any atom is -0.337 e. The van der Waals surface area contributed by atoms with Crippen LogP contribution in [0.5, 0.6) is 0 Å². The van der Waals surface area contributed by atoms with Crippen LogP contribution in [0, 0.1) is 5.92 Å². The van der Waals surface area contributed by atoms with Gasteiger partial charge in [-0.1, -0.05) is 12.8 Å². The molecule has 1 aliphatic heterocycles. The number of piperidine rings is 1. The lowest BCUT2D eigenvalue weighted by Gasteiger charge is -2.42. The highest BCUT2D eigenvalue weighted by Gasteiger charge is 2.42. The minimum atomic E-state index is -3.26. The number of rotatable bonds is 5. The Labute approximate surface area is 137 Å². The standard InChI is InChI=1S/C15H24N4O3S/c1-18-13(5-8-16-18)14(20)19-9-6-15(7-10-19,11-12-3-4-12)17-23(2,21)22/h5,8,12,17H,3-4,6-7,9-11H2,1-2H3. The Balaban J connectivity index is 1.69. The maximum atomic E-state index is 12.5. The summed E-state index contributed by atoms with van der Waals surface area (Å²) in [6.07, 6.45) is 7.42. The number of aromatic nitrogens is 2. The molecule has 23 heavy (non-hydrogen) atoms. The fourth-order valence-corrected chi connectivity index (χ4v) is 4.57. The Bertz CT molecular complexity index is 685. The molecule has 0 atom stereocenters. The van der Waals surface area contributed by atoms with Gasteiger partial charge in [0.1, 0.15) is 5.69 Å². The molecule has 1 aromatic heterocycles. The first-order chi connectivity index (χ1) is 10.8. The number of hydrogen-bond acceptors (Lipinski definition) is 4. The number of likely N-dealkylation sites (tertiary alicyclic amines) is 1. The van der Waals surface area contributed by atoms with E-state index in [-0.39, 0.29) is 5.91 Å². The van der Waals surface area contributed by atoms with Crippen molar-refractivity contribution >= 4 is 15.9 Å². The van der Waals surface area contributed by atoms with Gasteiger partial charge in [-0.15, -0.1) is 0 Å². The van der Waals surface area contributed by atoms with Gasteiger partial charge in [0, 0.05) is 31.9 Å². The first-order valence-corrected chi connectivity index (χ1v) is 9.93. The lowest BCUT2D eigenvalue weighted by atomic mass is 9.83. The number of hydrogen-bond donors (Lipinski definition) is 1. The zero-order valence-electron chi connectivity index (χ0n) is 13.7. The number of carbonyl (C=O) groups is 1. The molecule has 0 radical (unpaired) electrons. The van der Waals surface area contributed by atoms with E-state index in [0.717, 1.165) is 6.42 Å². The summed E-state index contributed by atoms with van der Waals surface area (Å²) in [5.74, 6) is 0.591. The van der Waals surface area contributed by atoms with Gasteiger partial charge in [0.05, 0.1) is 6.26 Å². The normalized spacial score (nSPS) is 21.4. The second-order valence-electron chi connectivity index (χ2n) is 6.93. The van der Waals surface area contributed by atoms with E-state index in [1.54, 1.807) is 28.9 Å². The molecule has 3 rings (SSSR count). The van der Waals surface area contributed by atoms with Gasteiger partial charge in [-0.25, -0.2) is 13.1 Å². The van der Waals surface area contributed by atoms with Gasteiger partial charge in [-0.3, -0.25) is 9.48 Å². The summed E-state index contributed by atoms with van der Waals surface area (Å²) in [7, 11) is -1.51. The van der Waals surface area contributed by atoms with Gasteiger partial charge >= 0.3 is 0 Å². The van der Waals surface area contributed by atoms with Crippen molar-refractivity contribution in [3.05, 3.63) is 18.0 Å². The Kier molecular flexibility index (Phi) is 4.22. The van der Waals surface area contributed by atoms with E-state index < -0.39 is 15.6 Å². The first-order valence-electron chi connectivity index (χ1n) is 8.04. The van der Waals surface area contributed by atoms with Gasteiger partial charge < -0.3 is 4.90 Å². The van der Waals surface area contributed by atoms with Crippen molar-refractivity contribution < 1.29 is 13.2 Å². The molecule has 1 aliphatic carbocycles. The highest BCUT2D eigenvalue weighted by molar-refractivity contribution is 7.88. The van der Waals surface area contributed by atoms with Crippen molar-refractivity contribution in [3.63, 3.8) is 0 Å². The van der Waals surface area contributed by atoms with E-state index in [1.165, 1.54) is 19.1 Å². The Morgan fingerprint density at radius 3 is 2.52 bits per heavy atom. The Hall–Kier alpha value is -1.41. The second-order valence-corrected chi connectivity index (χ2v) is 8.68. The van der Waals surface area contributed by atoms with Crippen LogP contribution in [0.25, 0.3) is 0 Å². The first kappa shape index (κ1) is 16.4. The molecule has 128 valence electrons. The van der Waals surface area contributed by atoms with Gasteiger partial charge in [0.25, 0.3) is 5.91 Å². The lowest BCUT2D eigenvalue weighted by Crippen LogP contribution is -2.56. The van der Waals surface area contributed by atoms with E-state index in [9.17, 15) is 13.2 Å². The topological polar surface area (TPSA) is 84.3 Å². The lowest BCUT2D eigenvalue weighted by molar-refractivity contribution is 0.0638. The molecule has 1 N–H and O–H groups in total. The van der Waals surface area contributed by atoms with Crippen LogP contribution in [0.3, 0.4) is 0 Å². The minimum absolute atomic E-state index is 0.0376. The van der Waals surface area contributed by atoms with Gasteiger partial charge in [-0.2, -0.15) is 5.10 Å². The molecule has 8 heteroatoms. The average Bonchev–Trinajstić information content (AvgIpc) is 3.15. The molecule has 0 unspecified atom stereocenters. The van der Waals surface area contributed by atoms with Crippen LogP contribution >= 0.6 is 0 Å². The third-order valence-corrected chi connectivity index (χ3v) is 5.63. The zero-order valence-corrected chi connectivity index (χ0v) is 14.5. The van der Waals surface area contributed by atoms with Crippen molar-refractivity contribution in [2.24, 2.45) is 13.0 Å². The molecular formula is C15H24N4O3S. The molecule has 0 spiro atoms. The van der Waals surface area contributed by atoms with Crippen molar-refractivity contribution in [2.45, 2.75) is 37.6 Å². The summed E-state index contributed by atoms with van der Waals surface area (Å²) in [6.45, 7) is 1.14.